The molecular weight excluding hydrogens is 298 g/mol. The molecule has 5 nitrogen and oxygen atoms in total. The number of nitrogens with zero attached hydrogens (tertiary/aromatic N) is 2. The van der Waals surface area contributed by atoms with E-state index < -0.39 is 5.97 Å². The van der Waals surface area contributed by atoms with E-state index in [1.54, 1.807) is 11.3 Å². The van der Waals surface area contributed by atoms with E-state index in [0.717, 1.165) is 34.7 Å². The molecule has 0 bridgehead atoms. The van der Waals surface area contributed by atoms with Gasteiger partial charge in [0, 0.05) is 16.8 Å². The molecule has 0 aliphatic heterocycles. The number of carboxylic acids is 1. The first-order chi connectivity index (χ1) is 10.4. The Morgan fingerprint density at radius 2 is 2.14 bits per heavy atom. The zero-order valence-corrected chi connectivity index (χ0v) is 14.0. The molecule has 0 unspecified atom stereocenters. The molecule has 0 amide bonds. The molecule has 22 heavy (non-hydrogen) atoms. The summed E-state index contributed by atoms with van der Waals surface area (Å²) in [5.41, 5.74) is 1.07. The molecule has 0 radical (unpaired) electrons. The van der Waals surface area contributed by atoms with Crippen molar-refractivity contribution in [1.82, 2.24) is 9.97 Å². The Morgan fingerprint density at radius 3 is 2.86 bits per heavy atom. The lowest BCUT2D eigenvalue weighted by atomic mass is 9.98. The summed E-state index contributed by atoms with van der Waals surface area (Å²) in [5.74, 6) is 0.844. The number of carboxylic acid groups (broad SMARTS) is 1. The van der Waals surface area contributed by atoms with E-state index >= 15 is 0 Å². The van der Waals surface area contributed by atoms with Gasteiger partial charge in [-0.15, -0.1) is 11.3 Å². The Kier molecular flexibility index (Phi) is 3.80. The van der Waals surface area contributed by atoms with Gasteiger partial charge in [-0.1, -0.05) is 0 Å². The number of fused-ring (bicyclic) bond motifs is 3. The average molecular weight is 319 g/mol. The van der Waals surface area contributed by atoms with Crippen LogP contribution in [0.1, 0.15) is 49.4 Å². The van der Waals surface area contributed by atoms with Crippen LogP contribution in [0.4, 0.5) is 5.82 Å². The van der Waals surface area contributed by atoms with Crippen LogP contribution in [0.15, 0.2) is 0 Å². The molecule has 2 heterocycles. The zero-order valence-electron chi connectivity index (χ0n) is 13.2. The van der Waals surface area contributed by atoms with E-state index in [-0.39, 0.29) is 12.0 Å². The number of aryl methyl sites for hydroxylation is 3. The van der Waals surface area contributed by atoms with Crippen molar-refractivity contribution in [3.8, 4) is 0 Å². The maximum Gasteiger partial charge on any atom is 0.303 e. The van der Waals surface area contributed by atoms with Gasteiger partial charge in [0.2, 0.25) is 0 Å². The maximum atomic E-state index is 10.8. The Bertz CT molecular complexity index is 737. The number of nitrogens with one attached hydrogen (secondary N) is 1. The molecule has 1 aliphatic carbocycles. The van der Waals surface area contributed by atoms with Gasteiger partial charge in [0.05, 0.1) is 5.39 Å². The molecule has 0 saturated carbocycles. The molecule has 118 valence electrons. The maximum absolute atomic E-state index is 10.8. The van der Waals surface area contributed by atoms with Crippen molar-refractivity contribution in [1.29, 1.82) is 0 Å². The van der Waals surface area contributed by atoms with Crippen LogP contribution in [-0.2, 0) is 17.6 Å². The Hall–Kier alpha value is -1.69. The highest BCUT2D eigenvalue weighted by Crippen LogP contribution is 2.40. The third-order valence-corrected chi connectivity index (χ3v) is 5.28. The fraction of sp³-hybridized carbons (Fsp3) is 0.562. The van der Waals surface area contributed by atoms with E-state index in [1.807, 2.05) is 20.8 Å². The lowest BCUT2D eigenvalue weighted by molar-refractivity contribution is -0.137. The average Bonchev–Trinajstić information content (AvgIpc) is 2.95. The van der Waals surface area contributed by atoms with Crippen LogP contribution in [0.3, 0.4) is 0 Å². The highest BCUT2D eigenvalue weighted by atomic mass is 32.1. The summed E-state index contributed by atoms with van der Waals surface area (Å²) in [5, 5.41) is 13.5. The molecular formula is C16H21N3O2S. The zero-order chi connectivity index (χ0) is 15.9. The number of hydrogen-bond acceptors (Lipinski definition) is 5. The largest absolute Gasteiger partial charge is 0.481 e. The molecule has 2 N–H and O–H groups in total. The smallest absolute Gasteiger partial charge is 0.303 e. The van der Waals surface area contributed by atoms with Crippen LogP contribution in [0.5, 0.6) is 0 Å². The highest BCUT2D eigenvalue weighted by molar-refractivity contribution is 7.19. The molecule has 0 saturated heterocycles. The number of rotatable bonds is 5. The fourth-order valence-electron chi connectivity index (χ4n) is 3.00. The minimum absolute atomic E-state index is 0.148. The van der Waals surface area contributed by atoms with E-state index in [4.69, 9.17) is 5.11 Å². The molecule has 0 spiro atoms. The summed E-state index contributed by atoms with van der Waals surface area (Å²) in [4.78, 5) is 22.5. The predicted molar refractivity (Wildman–Crippen MR) is 88.7 cm³/mol. The van der Waals surface area contributed by atoms with Crippen molar-refractivity contribution in [2.45, 2.75) is 58.4 Å². The van der Waals surface area contributed by atoms with Gasteiger partial charge in [-0.2, -0.15) is 0 Å². The molecule has 0 fully saturated rings. The summed E-state index contributed by atoms with van der Waals surface area (Å²) in [6, 6.07) is 0. The molecule has 3 rings (SSSR count). The van der Waals surface area contributed by atoms with Crippen LogP contribution >= 0.6 is 11.3 Å². The lowest BCUT2D eigenvalue weighted by Crippen LogP contribution is -2.32. The van der Waals surface area contributed by atoms with E-state index in [9.17, 15) is 4.79 Å². The summed E-state index contributed by atoms with van der Waals surface area (Å²) < 4.78 is 0. The summed E-state index contributed by atoms with van der Waals surface area (Å²) in [7, 11) is 0. The van der Waals surface area contributed by atoms with Crippen LogP contribution < -0.4 is 5.32 Å². The first-order valence-electron chi connectivity index (χ1n) is 7.64. The number of hydrogen-bond donors (Lipinski definition) is 2. The second-order valence-electron chi connectivity index (χ2n) is 6.56. The quantitative estimate of drug-likeness (QED) is 0.881. The normalized spacial score (nSPS) is 14.3. The van der Waals surface area contributed by atoms with E-state index in [2.05, 4.69) is 15.3 Å². The topological polar surface area (TPSA) is 75.1 Å². The van der Waals surface area contributed by atoms with Crippen LogP contribution in [0, 0.1) is 6.92 Å². The number of aliphatic carboxylic acids is 1. The monoisotopic (exact) mass is 319 g/mol. The first-order valence-corrected chi connectivity index (χ1v) is 8.46. The first kappa shape index (κ1) is 15.2. The Morgan fingerprint density at radius 1 is 1.36 bits per heavy atom. The van der Waals surface area contributed by atoms with Gasteiger partial charge >= 0.3 is 5.97 Å². The molecule has 0 aromatic carbocycles. The van der Waals surface area contributed by atoms with Gasteiger partial charge in [0.25, 0.3) is 0 Å². The van der Waals surface area contributed by atoms with Gasteiger partial charge < -0.3 is 10.4 Å². The number of thiophene rings is 1. The Balaban J connectivity index is 1.97. The van der Waals surface area contributed by atoms with Crippen LogP contribution in [-0.4, -0.2) is 26.6 Å². The van der Waals surface area contributed by atoms with Crippen molar-refractivity contribution >= 4 is 33.3 Å². The predicted octanol–water partition coefficient (Wildman–Crippen LogP) is 3.54. The number of aromatic nitrogens is 2. The number of carbonyl (C=O) groups is 1. The fourth-order valence-corrected chi connectivity index (χ4v) is 4.30. The highest BCUT2D eigenvalue weighted by Gasteiger charge is 2.25. The lowest BCUT2D eigenvalue weighted by Gasteiger charge is -2.27. The van der Waals surface area contributed by atoms with Crippen molar-refractivity contribution in [3.05, 3.63) is 16.3 Å². The minimum atomic E-state index is -0.768. The Labute approximate surface area is 133 Å². The van der Waals surface area contributed by atoms with Crippen molar-refractivity contribution < 1.29 is 9.90 Å². The second-order valence-corrected chi connectivity index (χ2v) is 7.64. The van der Waals surface area contributed by atoms with Gasteiger partial charge in [0.15, 0.2) is 0 Å². The second kappa shape index (κ2) is 5.50. The number of anilines is 1. The van der Waals surface area contributed by atoms with Gasteiger partial charge in [-0.05, 0) is 52.0 Å². The summed E-state index contributed by atoms with van der Waals surface area (Å²) >= 11 is 1.77. The molecule has 1 aliphatic rings. The standard InChI is InChI=1S/C16H21N3O2S/c1-9-17-14(19-16(2,3)8-7-12(20)21)13-10-5-4-6-11(10)22-15(13)18-9/h4-8H2,1-3H3,(H,20,21)(H,17,18,19). The minimum Gasteiger partial charge on any atom is -0.481 e. The SMILES string of the molecule is Cc1nc(NC(C)(C)CCC(=O)O)c2c3c(sc2n1)CCC3. The third kappa shape index (κ3) is 2.92. The van der Waals surface area contributed by atoms with Crippen molar-refractivity contribution in [3.63, 3.8) is 0 Å². The molecule has 2 aromatic heterocycles. The van der Waals surface area contributed by atoms with E-state index in [1.165, 1.54) is 16.9 Å². The summed E-state index contributed by atoms with van der Waals surface area (Å²) in [6.07, 6.45) is 4.13. The van der Waals surface area contributed by atoms with Gasteiger partial charge in [0.1, 0.15) is 16.5 Å². The van der Waals surface area contributed by atoms with Crippen molar-refractivity contribution in [2.75, 3.05) is 5.32 Å². The van der Waals surface area contributed by atoms with Crippen molar-refractivity contribution in [2.24, 2.45) is 0 Å². The van der Waals surface area contributed by atoms with Crippen LogP contribution in [0.25, 0.3) is 10.2 Å². The third-order valence-electron chi connectivity index (χ3n) is 4.10. The molecule has 6 heteroatoms. The van der Waals surface area contributed by atoms with Crippen LogP contribution in [0.2, 0.25) is 0 Å². The summed E-state index contributed by atoms with van der Waals surface area (Å²) in [6.45, 7) is 5.94. The van der Waals surface area contributed by atoms with Gasteiger partial charge in [-0.3, -0.25) is 4.79 Å². The molecule has 0 atom stereocenters. The van der Waals surface area contributed by atoms with E-state index in [0.29, 0.717) is 6.42 Å². The molecule has 2 aromatic rings. The van der Waals surface area contributed by atoms with Gasteiger partial charge in [-0.25, -0.2) is 9.97 Å².